The summed E-state index contributed by atoms with van der Waals surface area (Å²) in [6.45, 7) is 0. The second-order valence-corrected chi connectivity index (χ2v) is 0.874. The number of aliphatic hydroxyl groups is 1. The first-order chi connectivity index (χ1) is 2.27. The van der Waals surface area contributed by atoms with Gasteiger partial charge in [0.1, 0.15) is 0 Å². The second-order valence-electron chi connectivity index (χ2n) is 0.456. The van der Waals surface area contributed by atoms with Crippen LogP contribution in [0.3, 0.4) is 0 Å². The van der Waals surface area contributed by atoms with Crippen molar-refractivity contribution in [3.8, 4) is 0 Å². The van der Waals surface area contributed by atoms with E-state index in [-0.39, 0.29) is 6.29 Å². The summed E-state index contributed by atoms with van der Waals surface area (Å²) in [4.78, 5) is 9.11. The van der Waals surface area contributed by atoms with Gasteiger partial charge in [0.15, 0.2) is 6.29 Å². The van der Waals surface area contributed by atoms with Crippen molar-refractivity contribution in [2.75, 3.05) is 0 Å². The normalized spacial score (nSPS) is 6.40. The van der Waals surface area contributed by atoms with Gasteiger partial charge in [0.2, 0.25) is 5.05 Å². The van der Waals surface area contributed by atoms with Crippen molar-refractivity contribution in [1.29, 1.82) is 0 Å². The summed E-state index contributed by atoms with van der Waals surface area (Å²) in [5.41, 5.74) is 0. The predicted octanol–water partition coefficient (Wildman–Crippen LogP) is 0.0707. The van der Waals surface area contributed by atoms with Crippen molar-refractivity contribution in [3.63, 3.8) is 0 Å². The maximum Gasteiger partial charge on any atom is 0.222 e. The zero-order valence-corrected chi connectivity index (χ0v) is 3.16. The molecule has 0 saturated heterocycles. The molecule has 0 bridgehead atoms. The lowest BCUT2D eigenvalue weighted by Gasteiger charge is -1.64. The number of carbonyl (C=O) groups is 1. The fourth-order valence-corrected chi connectivity index (χ4v) is 0. The Morgan fingerprint density at radius 3 is 2.20 bits per heavy atom. The van der Waals surface area contributed by atoms with E-state index in [9.17, 15) is 0 Å². The molecule has 0 saturated carbocycles. The molecule has 0 spiro atoms. The highest BCUT2D eigenvalue weighted by Gasteiger charge is 1.73. The standard InChI is InChI=1S/C2H2O2S/c3-1-2(4)5/h1H,(H,4,5). The van der Waals surface area contributed by atoms with Gasteiger partial charge in [-0.25, -0.2) is 0 Å². The Balaban J connectivity index is 3.20. The maximum absolute atomic E-state index is 9.11. The molecule has 0 aromatic carbocycles. The summed E-state index contributed by atoms with van der Waals surface area (Å²) in [7, 11) is 0. The molecule has 0 atom stereocenters. The fraction of sp³-hybridized carbons (Fsp3) is 0. The van der Waals surface area contributed by atoms with E-state index >= 15 is 0 Å². The van der Waals surface area contributed by atoms with Gasteiger partial charge in [0.25, 0.3) is 0 Å². The van der Waals surface area contributed by atoms with E-state index in [0.29, 0.717) is 0 Å². The molecule has 28 valence electrons. The van der Waals surface area contributed by atoms with Gasteiger partial charge in [0, 0.05) is 0 Å². The minimum Gasteiger partial charge on any atom is -0.497 e. The van der Waals surface area contributed by atoms with Crippen LogP contribution in [0.2, 0.25) is 0 Å². The first-order valence-electron chi connectivity index (χ1n) is 0.952. The Hall–Kier alpha value is -0.440. The summed E-state index contributed by atoms with van der Waals surface area (Å²) in [6, 6.07) is 0. The first-order valence-corrected chi connectivity index (χ1v) is 1.36. The lowest BCUT2D eigenvalue weighted by Crippen LogP contribution is -1.87. The molecule has 0 unspecified atom stereocenters. The van der Waals surface area contributed by atoms with Gasteiger partial charge >= 0.3 is 0 Å². The van der Waals surface area contributed by atoms with Crippen molar-refractivity contribution in [2.45, 2.75) is 0 Å². The van der Waals surface area contributed by atoms with Gasteiger partial charge in [-0.2, -0.15) is 0 Å². The van der Waals surface area contributed by atoms with Crippen LogP contribution < -0.4 is 0 Å². The van der Waals surface area contributed by atoms with Crippen molar-refractivity contribution < 1.29 is 9.90 Å². The highest BCUT2D eigenvalue weighted by molar-refractivity contribution is 7.81. The molecule has 0 aromatic rings. The molecule has 0 amide bonds. The molecule has 5 heavy (non-hydrogen) atoms. The molecule has 0 rings (SSSR count). The van der Waals surface area contributed by atoms with Gasteiger partial charge in [-0.3, -0.25) is 4.79 Å². The molecule has 0 aliphatic rings. The van der Waals surface area contributed by atoms with Gasteiger partial charge in [-0.05, 0) is 12.2 Å². The lowest BCUT2D eigenvalue weighted by atomic mass is 10.9. The van der Waals surface area contributed by atoms with Crippen LogP contribution in [-0.2, 0) is 4.79 Å². The molecule has 0 aromatic heterocycles. The zero-order chi connectivity index (χ0) is 4.28. The highest BCUT2D eigenvalue weighted by Crippen LogP contribution is 1.52. The van der Waals surface area contributed by atoms with Crippen molar-refractivity contribution >= 4 is 23.6 Å². The van der Waals surface area contributed by atoms with E-state index in [1.807, 2.05) is 0 Å². The van der Waals surface area contributed by atoms with Crippen molar-refractivity contribution in [3.05, 3.63) is 0 Å². The topological polar surface area (TPSA) is 37.3 Å². The Morgan fingerprint density at radius 1 is 2.00 bits per heavy atom. The van der Waals surface area contributed by atoms with E-state index in [0.717, 1.165) is 0 Å². The van der Waals surface area contributed by atoms with Crippen LogP contribution in [0.25, 0.3) is 0 Å². The van der Waals surface area contributed by atoms with Gasteiger partial charge in [-0.15, -0.1) is 0 Å². The third-order valence-electron chi connectivity index (χ3n) is 0.101. The third-order valence-corrected chi connectivity index (χ3v) is 0.197. The smallest absolute Gasteiger partial charge is 0.222 e. The Morgan fingerprint density at radius 2 is 2.20 bits per heavy atom. The van der Waals surface area contributed by atoms with Crippen LogP contribution in [0, 0.1) is 0 Å². The molecule has 0 aliphatic carbocycles. The largest absolute Gasteiger partial charge is 0.497 e. The average molecular weight is 90.1 g/mol. The van der Waals surface area contributed by atoms with Crippen molar-refractivity contribution in [1.82, 2.24) is 0 Å². The predicted molar refractivity (Wildman–Crippen MR) is 21.3 cm³/mol. The van der Waals surface area contributed by atoms with E-state index in [4.69, 9.17) is 9.90 Å². The summed E-state index contributed by atoms with van der Waals surface area (Å²) < 4.78 is 0. The number of hydrogen-bond donors (Lipinski definition) is 1. The summed E-state index contributed by atoms with van der Waals surface area (Å²) in [5, 5.41) is 7.13. The van der Waals surface area contributed by atoms with Gasteiger partial charge in [0.05, 0.1) is 0 Å². The molecule has 0 aliphatic heterocycles. The quantitative estimate of drug-likeness (QED) is 0.365. The van der Waals surface area contributed by atoms with Crippen LogP contribution in [0.15, 0.2) is 0 Å². The summed E-state index contributed by atoms with van der Waals surface area (Å²) in [6.07, 6.45) is 0.204. The Kier molecular flexibility index (Phi) is 1.68. The molecule has 2 nitrogen and oxygen atoms in total. The van der Waals surface area contributed by atoms with Crippen LogP contribution in [0.1, 0.15) is 0 Å². The Labute approximate surface area is 34.4 Å². The minimum atomic E-state index is -0.593. The molecule has 0 heterocycles. The maximum atomic E-state index is 9.11. The van der Waals surface area contributed by atoms with E-state index < -0.39 is 5.05 Å². The second kappa shape index (κ2) is 1.84. The van der Waals surface area contributed by atoms with E-state index in [1.54, 1.807) is 0 Å². The average Bonchev–Trinajstić information content (AvgIpc) is 1.38. The van der Waals surface area contributed by atoms with Crippen LogP contribution >= 0.6 is 12.2 Å². The van der Waals surface area contributed by atoms with E-state index in [1.165, 1.54) is 0 Å². The van der Waals surface area contributed by atoms with Crippen LogP contribution in [-0.4, -0.2) is 16.4 Å². The number of carbonyl (C=O) groups excluding carboxylic acids is 1. The van der Waals surface area contributed by atoms with Gasteiger partial charge < -0.3 is 5.11 Å². The minimum absolute atomic E-state index is 0.204. The molecular weight excluding hydrogens is 88.1 g/mol. The van der Waals surface area contributed by atoms with Crippen molar-refractivity contribution in [2.24, 2.45) is 0 Å². The molecule has 3 heteroatoms. The monoisotopic (exact) mass is 90.0 g/mol. The number of aliphatic hydroxyl groups excluding tert-OH is 1. The first kappa shape index (κ1) is 4.56. The molecule has 1 N–H and O–H groups in total. The summed E-state index contributed by atoms with van der Waals surface area (Å²) >= 11 is 3.88. The SMILES string of the molecule is O=CC(O)=S. The fourth-order valence-electron chi connectivity index (χ4n) is 0. The summed E-state index contributed by atoms with van der Waals surface area (Å²) in [5.74, 6) is 0. The third kappa shape index (κ3) is 3.56. The molecule has 0 radical (unpaired) electrons. The number of rotatable bonds is 1. The van der Waals surface area contributed by atoms with Gasteiger partial charge in [-0.1, -0.05) is 0 Å². The highest BCUT2D eigenvalue weighted by atomic mass is 32.1. The number of aldehydes is 1. The van der Waals surface area contributed by atoms with Crippen LogP contribution in [0.5, 0.6) is 0 Å². The zero-order valence-electron chi connectivity index (χ0n) is 2.34. The van der Waals surface area contributed by atoms with E-state index in [2.05, 4.69) is 12.2 Å². The number of thiocarbonyl (C=S) groups is 1. The molecule has 0 fully saturated rings. The molecular formula is C2H2O2S. The lowest BCUT2D eigenvalue weighted by molar-refractivity contribution is -0.103. The Bertz CT molecular complexity index is 58.7. The van der Waals surface area contributed by atoms with Crippen LogP contribution in [0.4, 0.5) is 0 Å². The number of hydrogen-bond acceptors (Lipinski definition) is 2.